The fourth-order valence-corrected chi connectivity index (χ4v) is 5.05. The van der Waals surface area contributed by atoms with Gasteiger partial charge in [0.2, 0.25) is 0 Å². The number of aromatic nitrogens is 2. The van der Waals surface area contributed by atoms with Crippen molar-refractivity contribution in [2.24, 2.45) is 0 Å². The highest BCUT2D eigenvalue weighted by atomic mass is 35.5. The van der Waals surface area contributed by atoms with Gasteiger partial charge in [-0.15, -0.1) is 0 Å². The molecule has 1 fully saturated rings. The monoisotopic (exact) mass is 447 g/mol. The second kappa shape index (κ2) is 8.77. The Balaban J connectivity index is 1.54. The standard InChI is InChI=1S/C26H25ClN4O/c1-18-7-9-19(10-8-18)25(21-17-22(27)20-5-4-12-29-24(20)26(21)32)31-15-13-30(14-16-31)23-6-2-3-11-28-23/h2-12,17,25,32H,13-16H2,1H3/p+3. The van der Waals surface area contributed by atoms with Crippen LogP contribution in [0.15, 0.2) is 73.1 Å². The Bertz CT molecular complexity index is 1220. The summed E-state index contributed by atoms with van der Waals surface area (Å²) in [6.07, 6.45) is 3.79. The number of H-pyrrole nitrogens is 2. The molecule has 1 aliphatic rings. The molecule has 0 radical (unpaired) electrons. The Morgan fingerprint density at radius 1 is 0.969 bits per heavy atom. The molecule has 1 unspecified atom stereocenters. The number of benzene rings is 2. The summed E-state index contributed by atoms with van der Waals surface area (Å²) in [6.45, 7) is 5.88. The number of aromatic amines is 2. The number of hydrogen-bond acceptors (Lipinski definition) is 2. The van der Waals surface area contributed by atoms with Gasteiger partial charge in [-0.05, 0) is 25.1 Å². The van der Waals surface area contributed by atoms with Gasteiger partial charge in [0, 0.05) is 17.7 Å². The Hall–Kier alpha value is -3.15. The third-order valence-electron chi connectivity index (χ3n) is 6.47. The largest absolute Gasteiger partial charge is 0.502 e. The topological polar surface area (TPSA) is 56.2 Å². The Kier molecular flexibility index (Phi) is 5.68. The van der Waals surface area contributed by atoms with E-state index in [4.69, 9.17) is 11.6 Å². The van der Waals surface area contributed by atoms with Crippen LogP contribution in [0.3, 0.4) is 0 Å². The zero-order chi connectivity index (χ0) is 22.1. The van der Waals surface area contributed by atoms with Crippen LogP contribution in [0.1, 0.15) is 22.7 Å². The van der Waals surface area contributed by atoms with Crippen molar-refractivity contribution in [3.8, 4) is 5.75 Å². The van der Waals surface area contributed by atoms with Gasteiger partial charge in [0.1, 0.15) is 32.2 Å². The summed E-state index contributed by atoms with van der Waals surface area (Å²) in [5.74, 6) is 1.42. The molecule has 1 atom stereocenters. The van der Waals surface area contributed by atoms with Crippen LogP contribution in [0, 0.1) is 6.92 Å². The number of halogens is 1. The van der Waals surface area contributed by atoms with E-state index in [0.29, 0.717) is 10.5 Å². The van der Waals surface area contributed by atoms with Crippen LogP contribution in [0.4, 0.5) is 5.82 Å². The number of rotatable bonds is 4. The molecule has 4 aromatic rings. The minimum atomic E-state index is -0.00647. The van der Waals surface area contributed by atoms with Gasteiger partial charge in [-0.2, -0.15) is 0 Å². The molecule has 0 amide bonds. The number of aryl methyl sites for hydroxylation is 1. The van der Waals surface area contributed by atoms with Crippen molar-refractivity contribution < 1.29 is 20.0 Å². The maximum Gasteiger partial charge on any atom is 0.274 e. The lowest BCUT2D eigenvalue weighted by atomic mass is 9.93. The second-order valence-electron chi connectivity index (χ2n) is 8.49. The third kappa shape index (κ3) is 3.90. The lowest BCUT2D eigenvalue weighted by molar-refractivity contribution is -0.926. The van der Waals surface area contributed by atoms with Crippen LogP contribution in [0.2, 0.25) is 5.02 Å². The van der Waals surface area contributed by atoms with Crippen molar-refractivity contribution in [2.45, 2.75) is 13.0 Å². The quantitative estimate of drug-likeness (QED) is 0.505. The van der Waals surface area contributed by atoms with Crippen molar-refractivity contribution in [3.63, 3.8) is 0 Å². The molecule has 162 valence electrons. The van der Waals surface area contributed by atoms with Gasteiger partial charge in [0.25, 0.3) is 11.3 Å². The highest BCUT2D eigenvalue weighted by Crippen LogP contribution is 2.36. The molecule has 0 saturated carbocycles. The number of phenols is 1. The predicted octanol–water partition coefficient (Wildman–Crippen LogP) is 2.63. The number of phenolic OH excluding ortho intramolecular Hbond substituents is 1. The lowest BCUT2D eigenvalue weighted by Crippen LogP contribution is -3.15. The fraction of sp³-hybridized carbons (Fsp3) is 0.231. The molecule has 4 N–H and O–H groups in total. The van der Waals surface area contributed by atoms with Crippen LogP contribution < -0.4 is 19.8 Å². The molecular weight excluding hydrogens is 420 g/mol. The van der Waals surface area contributed by atoms with Crippen LogP contribution >= 0.6 is 11.6 Å². The van der Waals surface area contributed by atoms with E-state index < -0.39 is 0 Å². The number of piperazine rings is 1. The number of nitrogens with zero attached hydrogens (tertiary/aromatic N) is 1. The van der Waals surface area contributed by atoms with E-state index in [9.17, 15) is 5.11 Å². The first-order valence-electron chi connectivity index (χ1n) is 11.1. The number of pyridine rings is 2. The van der Waals surface area contributed by atoms with Crippen molar-refractivity contribution in [1.29, 1.82) is 0 Å². The van der Waals surface area contributed by atoms with Crippen molar-refractivity contribution >= 4 is 28.3 Å². The molecule has 3 heterocycles. The van der Waals surface area contributed by atoms with Gasteiger partial charge in [-0.1, -0.05) is 47.5 Å². The minimum absolute atomic E-state index is 0.00647. The maximum absolute atomic E-state index is 11.3. The molecule has 2 aromatic carbocycles. The van der Waals surface area contributed by atoms with Gasteiger partial charge in [-0.25, -0.2) is 9.97 Å². The number of hydrogen-bond donors (Lipinski definition) is 2. The first kappa shape index (κ1) is 20.7. The minimum Gasteiger partial charge on any atom is -0.502 e. The van der Waals surface area contributed by atoms with E-state index in [-0.39, 0.29) is 11.8 Å². The van der Waals surface area contributed by atoms with E-state index in [1.807, 2.05) is 36.7 Å². The van der Waals surface area contributed by atoms with E-state index in [0.717, 1.165) is 42.9 Å². The van der Waals surface area contributed by atoms with Crippen LogP contribution in [0.25, 0.3) is 10.9 Å². The molecule has 0 bridgehead atoms. The molecule has 2 aromatic heterocycles. The molecule has 1 aliphatic heterocycles. The normalized spacial score (nSPS) is 15.8. The second-order valence-corrected chi connectivity index (χ2v) is 8.90. The van der Waals surface area contributed by atoms with E-state index >= 15 is 0 Å². The number of quaternary nitrogens is 1. The van der Waals surface area contributed by atoms with Gasteiger partial charge in [0.05, 0.1) is 22.2 Å². The molecule has 0 aliphatic carbocycles. The number of nitrogens with one attached hydrogen (secondary N) is 3. The Morgan fingerprint density at radius 2 is 1.72 bits per heavy atom. The summed E-state index contributed by atoms with van der Waals surface area (Å²) in [4.78, 5) is 10.3. The average Bonchev–Trinajstić information content (AvgIpc) is 2.84. The van der Waals surface area contributed by atoms with Gasteiger partial charge in [-0.3, -0.25) is 4.90 Å². The maximum atomic E-state index is 11.3. The van der Waals surface area contributed by atoms with Crippen LogP contribution in [-0.4, -0.2) is 31.3 Å². The molecule has 5 rings (SSSR count). The summed E-state index contributed by atoms with van der Waals surface area (Å²) in [5, 5.41) is 12.8. The Morgan fingerprint density at radius 3 is 2.44 bits per heavy atom. The molecular formula is C26H28ClN4O+3. The van der Waals surface area contributed by atoms with Crippen molar-refractivity contribution in [1.82, 2.24) is 0 Å². The summed E-state index contributed by atoms with van der Waals surface area (Å²) < 4.78 is 0. The number of aromatic hydroxyl groups is 1. The SMILES string of the molecule is Cc1ccc(C(c2cc(Cl)c3ccc[nH+]c3c2O)[NH+]2CCN(c3cccc[nH+]3)CC2)cc1. The lowest BCUT2D eigenvalue weighted by Gasteiger charge is -2.34. The van der Waals surface area contributed by atoms with Crippen molar-refractivity contribution in [2.75, 3.05) is 31.1 Å². The average molecular weight is 448 g/mol. The molecule has 32 heavy (non-hydrogen) atoms. The predicted molar refractivity (Wildman–Crippen MR) is 126 cm³/mol. The summed E-state index contributed by atoms with van der Waals surface area (Å²) in [6, 6.07) is 20.6. The summed E-state index contributed by atoms with van der Waals surface area (Å²) in [5.41, 5.74) is 3.96. The van der Waals surface area contributed by atoms with E-state index in [2.05, 4.69) is 58.2 Å². The van der Waals surface area contributed by atoms with Gasteiger partial charge < -0.3 is 10.0 Å². The smallest absolute Gasteiger partial charge is 0.274 e. The van der Waals surface area contributed by atoms with Crippen LogP contribution in [0.5, 0.6) is 5.75 Å². The van der Waals surface area contributed by atoms with Gasteiger partial charge >= 0.3 is 0 Å². The first-order chi connectivity index (χ1) is 15.6. The number of fused-ring (bicyclic) bond motifs is 1. The summed E-state index contributed by atoms with van der Waals surface area (Å²) >= 11 is 6.68. The first-order valence-corrected chi connectivity index (χ1v) is 11.4. The van der Waals surface area contributed by atoms with Gasteiger partial charge in [0.15, 0.2) is 11.9 Å². The molecule has 0 spiro atoms. The summed E-state index contributed by atoms with van der Waals surface area (Å²) in [7, 11) is 0. The zero-order valence-corrected chi connectivity index (χ0v) is 18.9. The third-order valence-corrected chi connectivity index (χ3v) is 6.79. The highest BCUT2D eigenvalue weighted by Gasteiger charge is 2.36. The van der Waals surface area contributed by atoms with E-state index in [1.165, 1.54) is 16.0 Å². The van der Waals surface area contributed by atoms with E-state index in [1.54, 1.807) is 0 Å². The van der Waals surface area contributed by atoms with Crippen molar-refractivity contribution in [3.05, 3.63) is 94.8 Å². The Labute approximate surface area is 192 Å². The highest BCUT2D eigenvalue weighted by molar-refractivity contribution is 6.35. The molecule has 1 saturated heterocycles. The molecule has 5 nitrogen and oxygen atoms in total. The zero-order valence-electron chi connectivity index (χ0n) is 18.1. The molecule has 6 heteroatoms. The fourth-order valence-electron chi connectivity index (χ4n) is 4.78. The number of anilines is 1. The van der Waals surface area contributed by atoms with Crippen LogP contribution in [-0.2, 0) is 0 Å².